The van der Waals surface area contributed by atoms with Crippen LogP contribution in [0, 0.1) is 0 Å². The molecule has 15 heteroatoms. The van der Waals surface area contributed by atoms with Gasteiger partial charge in [-0.2, -0.15) is 0 Å². The first-order valence-corrected chi connectivity index (χ1v) is 15.3. The molecule has 14 nitrogen and oxygen atoms in total. The molecule has 6 unspecified atom stereocenters. The normalized spacial score (nSPS) is 26.8. The number of quaternary nitrogens is 1. The molecule has 0 bridgehead atoms. The number of unbranched alkanes of at least 4 members (excludes halogenated alkanes) is 8. The molecule has 1 saturated carbocycles. The lowest BCUT2D eigenvalue weighted by molar-refractivity contribution is -0.261. The molecule has 0 heterocycles. The number of aliphatic hydroxyl groups excluding tert-OH is 5. The molecule has 1 aliphatic rings. The van der Waals surface area contributed by atoms with Gasteiger partial charge in [0.25, 0.3) is 7.82 Å². The zero-order valence-corrected chi connectivity index (χ0v) is 24.8. The predicted molar refractivity (Wildman–Crippen MR) is 142 cm³/mol. The van der Waals surface area contributed by atoms with E-state index in [4.69, 9.17) is 14.0 Å². The van der Waals surface area contributed by atoms with Crippen LogP contribution in [0.25, 0.3) is 0 Å². The maximum Gasteiger partial charge on any atom is 0.306 e. The zero-order valence-electron chi connectivity index (χ0n) is 23.9. The minimum Gasteiger partial charge on any atom is -0.756 e. The Bertz CT molecular complexity index is 742. The summed E-state index contributed by atoms with van der Waals surface area (Å²) in [6.45, 7) is 2.88. The summed E-state index contributed by atoms with van der Waals surface area (Å²) in [5, 5.41) is 49.2. The van der Waals surface area contributed by atoms with Gasteiger partial charge in [-0.15, -0.1) is 0 Å². The summed E-state index contributed by atoms with van der Waals surface area (Å²) in [5.41, 5.74) is 0. The fourth-order valence-electron chi connectivity index (χ4n) is 4.04. The third-order valence-electron chi connectivity index (χ3n) is 6.44. The van der Waals surface area contributed by atoms with Crippen LogP contribution in [0.2, 0.25) is 0 Å². The number of carbonyl (C=O) groups excluding carboxylic acids is 2. The molecule has 1 fully saturated rings. The highest BCUT2D eigenvalue weighted by atomic mass is 31.2. The highest BCUT2D eigenvalue weighted by Crippen LogP contribution is 2.43. The van der Waals surface area contributed by atoms with E-state index in [1.807, 2.05) is 0 Å². The van der Waals surface area contributed by atoms with Crippen LogP contribution in [-0.4, -0.2) is 93.4 Å². The minimum absolute atomic E-state index is 0. The standard InChI is InChI=1S/C25H47O13P.H3N/c1-3-5-7-9-11-13-18(26)35-15-17(37-19(27)14-12-10-8-6-4-2)16-36-39(33,34)38-25-23(31)21(29)20(28)22(30)24(25)32;/h17,20-25,28-32H,3-16H2,1-2H3,(H,33,34);1H3/t17-,20?,21-,22?,23?,24?,25?;/m1./s1. The van der Waals surface area contributed by atoms with Crippen molar-refractivity contribution in [1.82, 2.24) is 6.15 Å². The highest BCUT2D eigenvalue weighted by Gasteiger charge is 2.50. The second-order valence-electron chi connectivity index (χ2n) is 9.89. The Morgan fingerprint density at radius 3 is 1.68 bits per heavy atom. The largest absolute Gasteiger partial charge is 0.756 e. The van der Waals surface area contributed by atoms with Crippen LogP contribution in [0.4, 0.5) is 0 Å². The Labute approximate surface area is 236 Å². The quantitative estimate of drug-likeness (QED) is 0.0651. The number of ether oxygens (including phenoxy) is 2. The number of carbonyl (C=O) groups is 2. The van der Waals surface area contributed by atoms with Gasteiger partial charge in [0.15, 0.2) is 6.10 Å². The molecular formula is C25H50NO13P. The van der Waals surface area contributed by atoms with Gasteiger partial charge >= 0.3 is 11.9 Å². The topological polar surface area (TPSA) is 249 Å². The summed E-state index contributed by atoms with van der Waals surface area (Å²) < 4.78 is 32.3. The predicted octanol–water partition coefficient (Wildman–Crippen LogP) is 1.23. The number of phosphoric ester groups is 1. The molecule has 40 heavy (non-hydrogen) atoms. The van der Waals surface area contributed by atoms with Crippen molar-refractivity contribution >= 4 is 19.8 Å². The summed E-state index contributed by atoms with van der Waals surface area (Å²) in [5.74, 6) is -1.17. The van der Waals surface area contributed by atoms with Gasteiger partial charge in [0.2, 0.25) is 0 Å². The first-order valence-electron chi connectivity index (χ1n) is 13.8. The molecule has 0 amide bonds. The Morgan fingerprint density at radius 2 is 1.18 bits per heavy atom. The highest BCUT2D eigenvalue weighted by molar-refractivity contribution is 7.45. The van der Waals surface area contributed by atoms with Crippen LogP contribution in [0.1, 0.15) is 90.9 Å². The van der Waals surface area contributed by atoms with E-state index in [0.29, 0.717) is 12.8 Å². The Balaban J connectivity index is 0.0000152. The minimum atomic E-state index is -5.32. The lowest BCUT2D eigenvalue weighted by Crippen LogP contribution is -2.64. The first kappa shape index (κ1) is 38.8. The van der Waals surface area contributed by atoms with Gasteiger partial charge in [-0.1, -0.05) is 65.2 Å². The Hall–Kier alpha value is -1.19. The number of aliphatic hydroxyl groups is 5. The van der Waals surface area contributed by atoms with Gasteiger partial charge in [-0.3, -0.25) is 14.2 Å². The SMILES string of the molecule is CCCCCCCC(=O)OC[C@H](COP(=O)([O-])OC1C(O)C(O)C(O)[C@@H](O)C1O)OC(=O)CCCCCCC.[NH4+]. The van der Waals surface area contributed by atoms with E-state index >= 15 is 0 Å². The molecule has 1 rings (SSSR count). The van der Waals surface area contributed by atoms with Gasteiger partial charge in [-0.25, -0.2) is 0 Å². The van der Waals surface area contributed by atoms with Gasteiger partial charge < -0.3 is 55.1 Å². The third-order valence-corrected chi connectivity index (χ3v) is 7.41. The van der Waals surface area contributed by atoms with E-state index in [-0.39, 0.29) is 19.0 Å². The third kappa shape index (κ3) is 14.6. The van der Waals surface area contributed by atoms with E-state index in [9.17, 15) is 44.6 Å². The van der Waals surface area contributed by atoms with Gasteiger partial charge in [0.05, 0.1) is 6.61 Å². The molecule has 238 valence electrons. The lowest BCUT2D eigenvalue weighted by Gasteiger charge is -2.43. The summed E-state index contributed by atoms with van der Waals surface area (Å²) in [7, 11) is -5.32. The zero-order chi connectivity index (χ0) is 29.4. The van der Waals surface area contributed by atoms with Crippen LogP contribution in [-0.2, 0) is 32.7 Å². The monoisotopic (exact) mass is 603 g/mol. The van der Waals surface area contributed by atoms with Gasteiger partial charge in [0, 0.05) is 12.8 Å². The Morgan fingerprint density at radius 1 is 0.725 bits per heavy atom. The number of hydrogen-bond donors (Lipinski definition) is 6. The number of esters is 2. The van der Waals surface area contributed by atoms with E-state index in [2.05, 4.69) is 18.4 Å². The van der Waals surface area contributed by atoms with Crippen LogP contribution in [0.3, 0.4) is 0 Å². The van der Waals surface area contributed by atoms with Crippen LogP contribution in [0.5, 0.6) is 0 Å². The van der Waals surface area contributed by atoms with Crippen molar-refractivity contribution in [2.75, 3.05) is 13.2 Å². The van der Waals surface area contributed by atoms with E-state index in [1.54, 1.807) is 0 Å². The van der Waals surface area contributed by atoms with Crippen molar-refractivity contribution in [1.29, 1.82) is 0 Å². The maximum absolute atomic E-state index is 12.4. The van der Waals surface area contributed by atoms with Crippen molar-refractivity contribution in [3.63, 3.8) is 0 Å². The molecule has 9 N–H and O–H groups in total. The first-order chi connectivity index (χ1) is 18.4. The van der Waals surface area contributed by atoms with Gasteiger partial charge in [0.1, 0.15) is 43.2 Å². The average Bonchev–Trinajstić information content (AvgIpc) is 2.90. The summed E-state index contributed by atoms with van der Waals surface area (Å²) in [6, 6.07) is 0. The molecule has 0 spiro atoms. The molecule has 0 saturated heterocycles. The molecule has 8 atom stereocenters. The summed E-state index contributed by atoms with van der Waals surface area (Å²) >= 11 is 0. The van der Waals surface area contributed by atoms with Crippen LogP contribution in [0.15, 0.2) is 0 Å². The molecule has 1 aliphatic carbocycles. The number of phosphoric acid groups is 1. The van der Waals surface area contributed by atoms with E-state index in [0.717, 1.165) is 51.4 Å². The van der Waals surface area contributed by atoms with Crippen molar-refractivity contribution in [2.45, 2.75) is 134 Å². The van der Waals surface area contributed by atoms with Crippen molar-refractivity contribution in [3.05, 3.63) is 0 Å². The molecule has 0 radical (unpaired) electrons. The molecule has 0 aromatic rings. The second kappa shape index (κ2) is 20.6. The molecule has 0 aromatic heterocycles. The fraction of sp³-hybridized carbons (Fsp3) is 0.920. The second-order valence-corrected chi connectivity index (χ2v) is 11.3. The lowest BCUT2D eigenvalue weighted by atomic mass is 9.85. The summed E-state index contributed by atoms with van der Waals surface area (Å²) in [6.07, 6.45) is -4.14. The van der Waals surface area contributed by atoms with Crippen molar-refractivity contribution < 1.29 is 63.1 Å². The van der Waals surface area contributed by atoms with E-state index in [1.165, 1.54) is 0 Å². The Kier molecular flexibility index (Phi) is 20.0. The average molecular weight is 604 g/mol. The smallest absolute Gasteiger partial charge is 0.306 e. The fourth-order valence-corrected chi connectivity index (χ4v) is 5.00. The maximum atomic E-state index is 12.4. The summed E-state index contributed by atoms with van der Waals surface area (Å²) in [4.78, 5) is 36.8. The van der Waals surface area contributed by atoms with Crippen LogP contribution < -0.4 is 11.0 Å². The molecule has 0 aromatic carbocycles. The number of rotatable bonds is 20. The number of hydrogen-bond acceptors (Lipinski definition) is 13. The van der Waals surface area contributed by atoms with Crippen LogP contribution >= 0.6 is 7.82 Å². The van der Waals surface area contributed by atoms with Gasteiger partial charge in [-0.05, 0) is 12.8 Å². The van der Waals surface area contributed by atoms with Crippen molar-refractivity contribution in [3.8, 4) is 0 Å². The van der Waals surface area contributed by atoms with E-state index < -0.39 is 75.7 Å². The molecule has 0 aliphatic heterocycles. The van der Waals surface area contributed by atoms with Crippen molar-refractivity contribution in [2.24, 2.45) is 0 Å². The molecular weight excluding hydrogens is 553 g/mol.